The average molecular weight is 541 g/mol. The zero-order chi connectivity index (χ0) is 26.2. The number of allylic oxidation sites excluding steroid dienone is 1. The van der Waals surface area contributed by atoms with E-state index < -0.39 is 16.3 Å². The van der Waals surface area contributed by atoms with Gasteiger partial charge in [-0.25, -0.2) is 0 Å². The van der Waals surface area contributed by atoms with Crippen LogP contribution in [0.1, 0.15) is 35.2 Å². The van der Waals surface area contributed by atoms with Crippen LogP contribution in [0.5, 0.6) is 0 Å². The van der Waals surface area contributed by atoms with E-state index in [4.69, 9.17) is 10.7 Å². The number of hydrogen-bond acceptors (Lipinski definition) is 10. The van der Waals surface area contributed by atoms with Gasteiger partial charge in [-0.05, 0) is 77.2 Å². The third-order valence-electron chi connectivity index (χ3n) is 6.25. The Bertz CT molecular complexity index is 1430. The number of nitrogens with zero attached hydrogens (tertiary/aromatic N) is 5. The van der Waals surface area contributed by atoms with E-state index in [9.17, 15) is 18.8 Å². The molecule has 0 saturated carbocycles. The first-order valence-corrected chi connectivity index (χ1v) is 13.0. The van der Waals surface area contributed by atoms with Crippen molar-refractivity contribution in [3.05, 3.63) is 64.9 Å². The standard InChI is InChI=1S/C24H21ClN6O5S/c1-2-11-30-20-10-9-17(12-16(20)14-19-21(30)7-4-8-22(19)36-25(33,34)35)26-23(32)15-5-3-6-18(13-15)31-24(37)27-28-29-31/h1,3,5-6,9-10,12-13,22H,4,7-8,11,14H2,(H,26,32)(H,27,29,37). The molecule has 37 heavy (non-hydrogen) atoms. The fourth-order valence-corrected chi connectivity index (χ4v) is 5.41. The molecule has 5 rings (SSSR count). The number of thiol groups is 1. The first-order chi connectivity index (χ1) is 17.7. The second kappa shape index (κ2) is 10.1. The number of anilines is 2. The van der Waals surface area contributed by atoms with Crippen molar-refractivity contribution in [2.45, 2.75) is 36.9 Å². The van der Waals surface area contributed by atoms with Crippen LogP contribution in [0.3, 0.4) is 0 Å². The topological polar surface area (TPSA) is 154 Å². The summed E-state index contributed by atoms with van der Waals surface area (Å²) in [7, 11) is -4.58. The van der Waals surface area contributed by atoms with Gasteiger partial charge in [0.05, 0.1) is 26.8 Å². The summed E-state index contributed by atoms with van der Waals surface area (Å²) in [4.78, 5) is 15.0. The lowest BCUT2D eigenvalue weighted by atomic mass is 9.84. The Morgan fingerprint density at radius 3 is 2.84 bits per heavy atom. The van der Waals surface area contributed by atoms with Gasteiger partial charge in [0.1, 0.15) is 0 Å². The van der Waals surface area contributed by atoms with E-state index >= 15 is 0 Å². The summed E-state index contributed by atoms with van der Waals surface area (Å²) in [5, 5.41) is 14.3. The van der Waals surface area contributed by atoms with Crippen LogP contribution in [0.2, 0.25) is 0 Å². The molecular formula is C24H21ClN6O5S. The number of hydrogen-bond donors (Lipinski definition) is 2. The molecule has 1 amide bonds. The molecule has 1 aliphatic carbocycles. The van der Waals surface area contributed by atoms with Crippen molar-refractivity contribution < 1.29 is 33.3 Å². The van der Waals surface area contributed by atoms with Gasteiger partial charge in [0.2, 0.25) is 11.3 Å². The Morgan fingerprint density at radius 1 is 1.27 bits per heavy atom. The molecule has 1 atom stereocenters. The van der Waals surface area contributed by atoms with Crippen LogP contribution in [-0.4, -0.2) is 38.8 Å². The highest BCUT2D eigenvalue weighted by molar-refractivity contribution is 7.80. The average Bonchev–Trinajstić information content (AvgIpc) is 3.29. The summed E-state index contributed by atoms with van der Waals surface area (Å²) < 4.78 is 40.2. The second-order valence-corrected chi connectivity index (χ2v) is 9.86. The number of tetrazole rings is 1. The van der Waals surface area contributed by atoms with Crippen LogP contribution in [0.4, 0.5) is 11.4 Å². The Morgan fingerprint density at radius 2 is 2.11 bits per heavy atom. The highest BCUT2D eigenvalue weighted by Gasteiger charge is 2.40. The number of nitrogens with one attached hydrogen (secondary N) is 1. The molecule has 0 radical (unpaired) electrons. The normalized spacial score (nSPS) is 17.2. The molecule has 0 spiro atoms. The van der Waals surface area contributed by atoms with Crippen molar-refractivity contribution in [3.8, 4) is 18.0 Å². The second-order valence-electron chi connectivity index (χ2n) is 8.53. The number of halogens is 1. The number of rotatable bonds is 6. The molecule has 11 nitrogen and oxygen atoms in total. The van der Waals surface area contributed by atoms with Crippen molar-refractivity contribution in [1.29, 1.82) is 0 Å². The van der Waals surface area contributed by atoms with Crippen LogP contribution in [0.25, 0.3) is 5.69 Å². The van der Waals surface area contributed by atoms with Gasteiger partial charge in [0.25, 0.3) is 5.91 Å². The minimum Gasteiger partial charge on any atom is -0.333 e. The molecule has 13 heteroatoms. The van der Waals surface area contributed by atoms with E-state index in [1.54, 1.807) is 30.3 Å². The summed E-state index contributed by atoms with van der Waals surface area (Å²) in [6.07, 6.45) is 6.90. The first kappa shape index (κ1) is 25.2. The van der Waals surface area contributed by atoms with E-state index in [-0.39, 0.29) is 17.6 Å². The van der Waals surface area contributed by atoms with Crippen molar-refractivity contribution in [3.63, 3.8) is 0 Å². The smallest absolute Gasteiger partial charge is 0.255 e. The van der Waals surface area contributed by atoms with Gasteiger partial charge in [-0.1, -0.05) is 12.0 Å². The van der Waals surface area contributed by atoms with E-state index in [2.05, 4.69) is 39.4 Å². The summed E-state index contributed by atoms with van der Waals surface area (Å²) in [6.45, 7) is 0.267. The fourth-order valence-electron chi connectivity index (χ4n) is 4.75. The maximum atomic E-state index is 13.0. The largest absolute Gasteiger partial charge is 0.333 e. The zero-order valence-corrected chi connectivity index (χ0v) is 21.0. The number of terminal acetylenes is 1. The van der Waals surface area contributed by atoms with Crippen LogP contribution < -0.4 is 24.2 Å². The lowest BCUT2D eigenvalue weighted by Gasteiger charge is -2.38. The number of carbonyl (C=O) groups excluding carboxylic acids is 1. The monoisotopic (exact) mass is 540 g/mol. The molecule has 0 bridgehead atoms. The summed E-state index contributed by atoms with van der Waals surface area (Å²) in [5.41, 5.74) is 4.77. The zero-order valence-electron chi connectivity index (χ0n) is 19.3. The number of benzene rings is 2. The third-order valence-corrected chi connectivity index (χ3v) is 6.96. The van der Waals surface area contributed by atoms with E-state index in [1.165, 1.54) is 4.68 Å². The van der Waals surface area contributed by atoms with E-state index in [0.29, 0.717) is 48.2 Å². The van der Waals surface area contributed by atoms with Gasteiger partial charge in [0, 0.05) is 29.1 Å². The Balaban J connectivity index is 1.41. The van der Waals surface area contributed by atoms with Gasteiger partial charge < -0.3 is 10.2 Å². The minimum absolute atomic E-state index is 0.267. The fraction of sp³-hybridized carbons (Fsp3) is 0.250. The maximum Gasteiger partial charge on any atom is 0.255 e. The molecule has 0 fully saturated rings. The van der Waals surface area contributed by atoms with Gasteiger partial charge in [-0.15, -0.1) is 24.2 Å². The Hall–Kier alpha value is -3.44. The molecule has 1 aromatic heterocycles. The van der Waals surface area contributed by atoms with Gasteiger partial charge in [0.15, 0.2) is 0 Å². The summed E-state index contributed by atoms with van der Waals surface area (Å²) in [6, 6.07) is 12.2. The lowest BCUT2D eigenvalue weighted by molar-refractivity contribution is -1.92. The maximum absolute atomic E-state index is 13.0. The predicted octanol–water partition coefficient (Wildman–Crippen LogP) is -0.0805. The van der Waals surface area contributed by atoms with Crippen molar-refractivity contribution in [2.24, 2.45) is 0 Å². The molecular weight excluding hydrogens is 520 g/mol. The molecule has 190 valence electrons. The van der Waals surface area contributed by atoms with Gasteiger partial charge >= 0.3 is 0 Å². The minimum atomic E-state index is -4.58. The van der Waals surface area contributed by atoms with Crippen molar-refractivity contribution in [2.75, 3.05) is 16.8 Å². The molecule has 1 aliphatic heterocycles. The summed E-state index contributed by atoms with van der Waals surface area (Å²) in [5.74, 6) is 2.30. The van der Waals surface area contributed by atoms with E-state index in [1.807, 2.05) is 17.0 Å². The number of fused-ring (bicyclic) bond motifs is 1. The summed E-state index contributed by atoms with van der Waals surface area (Å²) >= 11 is 4.20. The van der Waals surface area contributed by atoms with Crippen LogP contribution >= 0.6 is 12.6 Å². The predicted molar refractivity (Wildman–Crippen MR) is 126 cm³/mol. The molecule has 2 aliphatic rings. The molecule has 1 unspecified atom stereocenters. The van der Waals surface area contributed by atoms with Crippen LogP contribution in [0.15, 0.2) is 58.9 Å². The number of aromatic nitrogens is 4. The van der Waals surface area contributed by atoms with Gasteiger partial charge in [-0.2, -0.15) is 18.7 Å². The van der Waals surface area contributed by atoms with Crippen LogP contribution in [-0.2, 0) is 10.7 Å². The van der Waals surface area contributed by atoms with Crippen molar-refractivity contribution >= 4 is 29.9 Å². The SMILES string of the molecule is C#CCN1C2=C(Cc3cc(NC(=O)c4cccc(-n5nnnc5S)c4)ccc31)C(O[Cl+3]([O-])([O-])[O-])CCC2. The van der Waals surface area contributed by atoms with Gasteiger partial charge in [-0.3, -0.25) is 4.79 Å². The third kappa shape index (κ3) is 5.33. The van der Waals surface area contributed by atoms with Crippen LogP contribution in [0, 0.1) is 22.6 Å². The first-order valence-electron chi connectivity index (χ1n) is 11.3. The number of carbonyl (C=O) groups is 1. The Kier molecular flexibility index (Phi) is 6.91. The molecule has 3 aromatic rings. The molecule has 2 aromatic carbocycles. The highest BCUT2D eigenvalue weighted by Crippen LogP contribution is 2.42. The van der Waals surface area contributed by atoms with Crippen molar-refractivity contribution in [1.82, 2.24) is 20.2 Å². The Labute approximate surface area is 219 Å². The molecule has 1 N–H and O–H groups in total. The highest BCUT2D eigenvalue weighted by atomic mass is 35.7. The molecule has 0 saturated heterocycles. The quantitative estimate of drug-likeness (QED) is 0.322. The van der Waals surface area contributed by atoms with E-state index in [0.717, 1.165) is 16.9 Å². The number of amides is 1. The molecule has 2 heterocycles. The lowest BCUT2D eigenvalue weighted by Crippen LogP contribution is -2.62.